The largest absolute Gasteiger partial charge is 0.382 e. The minimum absolute atomic E-state index is 0.146. The van der Waals surface area contributed by atoms with Gasteiger partial charge in [-0.25, -0.2) is 0 Å². The summed E-state index contributed by atoms with van der Waals surface area (Å²) in [4.78, 5) is 25.7. The van der Waals surface area contributed by atoms with Crippen LogP contribution in [0.2, 0.25) is 0 Å². The van der Waals surface area contributed by atoms with Gasteiger partial charge in [-0.2, -0.15) is 0 Å². The second-order valence-corrected chi connectivity index (χ2v) is 6.23. The molecule has 1 aliphatic heterocycles. The van der Waals surface area contributed by atoms with Gasteiger partial charge in [-0.15, -0.1) is 0 Å². The van der Waals surface area contributed by atoms with E-state index in [9.17, 15) is 9.59 Å². The Morgan fingerprint density at radius 2 is 2.18 bits per heavy atom. The molecule has 1 saturated heterocycles. The number of primary amides is 1. The molecule has 2 amide bonds. The molecule has 122 valence electrons. The normalized spacial score (nSPS) is 20.9. The number of aryl methyl sites for hydroxylation is 1. The molecule has 2 rings (SSSR count). The van der Waals surface area contributed by atoms with E-state index >= 15 is 0 Å². The molecule has 0 saturated carbocycles. The molecule has 0 aliphatic carbocycles. The van der Waals surface area contributed by atoms with Crippen LogP contribution in [0.25, 0.3) is 0 Å². The first-order valence-electron chi connectivity index (χ1n) is 7.15. The van der Waals surface area contributed by atoms with Crippen molar-refractivity contribution in [3.63, 3.8) is 0 Å². The van der Waals surface area contributed by atoms with E-state index in [1.165, 1.54) is 6.07 Å². The third-order valence-electron chi connectivity index (χ3n) is 3.63. The van der Waals surface area contributed by atoms with Gasteiger partial charge in [0.1, 0.15) is 5.69 Å². The zero-order chi connectivity index (χ0) is 16.5. The molecule has 0 unspecified atom stereocenters. The maximum atomic E-state index is 12.8. The van der Waals surface area contributed by atoms with Crippen LogP contribution >= 0.6 is 0 Å². The van der Waals surface area contributed by atoms with Crippen LogP contribution in [0.5, 0.6) is 0 Å². The first kappa shape index (κ1) is 16.5. The standard InChI is InChI=1S/C15H23N3O4/c1-15(2)9-18(7-11(22-15)8-21-4)14(20)12-5-10(13(16)19)6-17(12)3/h5-6,11H,7-9H2,1-4H3,(H2,16,19)/t11-/m1/s1. The second-order valence-electron chi connectivity index (χ2n) is 6.23. The summed E-state index contributed by atoms with van der Waals surface area (Å²) in [6, 6.07) is 1.53. The number of carbonyl (C=O) groups excluding carboxylic acids is 2. The van der Waals surface area contributed by atoms with E-state index in [1.54, 1.807) is 29.8 Å². The van der Waals surface area contributed by atoms with E-state index in [0.29, 0.717) is 31.0 Å². The van der Waals surface area contributed by atoms with E-state index in [4.69, 9.17) is 15.2 Å². The summed E-state index contributed by atoms with van der Waals surface area (Å²) in [5, 5.41) is 0. The average molecular weight is 309 g/mol. The SMILES string of the molecule is COC[C@H]1CN(C(=O)c2cc(C(N)=O)cn2C)CC(C)(C)O1. The van der Waals surface area contributed by atoms with Crippen LogP contribution in [-0.4, -0.2) is 59.8 Å². The van der Waals surface area contributed by atoms with Crippen molar-refractivity contribution in [1.29, 1.82) is 0 Å². The Morgan fingerprint density at radius 3 is 2.73 bits per heavy atom. The van der Waals surface area contributed by atoms with Crippen molar-refractivity contribution in [3.8, 4) is 0 Å². The third-order valence-corrected chi connectivity index (χ3v) is 3.63. The van der Waals surface area contributed by atoms with E-state index in [-0.39, 0.29) is 12.0 Å². The average Bonchev–Trinajstić information content (AvgIpc) is 2.78. The van der Waals surface area contributed by atoms with Gasteiger partial charge in [0.25, 0.3) is 5.91 Å². The Kier molecular flexibility index (Phi) is 4.58. The lowest BCUT2D eigenvalue weighted by atomic mass is 10.0. The minimum atomic E-state index is -0.547. The number of aromatic nitrogens is 1. The summed E-state index contributed by atoms with van der Waals surface area (Å²) in [7, 11) is 3.32. The Morgan fingerprint density at radius 1 is 1.50 bits per heavy atom. The predicted octanol–water partition coefficient (Wildman–Crippen LogP) is 0.390. The summed E-state index contributed by atoms with van der Waals surface area (Å²) in [6.45, 7) is 5.23. The van der Waals surface area contributed by atoms with Crippen LogP contribution in [0.4, 0.5) is 0 Å². The first-order valence-corrected chi connectivity index (χ1v) is 7.15. The molecule has 1 fully saturated rings. The number of nitrogens with two attached hydrogens (primary N) is 1. The summed E-state index contributed by atoms with van der Waals surface area (Å²) < 4.78 is 12.7. The Hall–Kier alpha value is -1.86. The van der Waals surface area contributed by atoms with Crippen molar-refractivity contribution in [1.82, 2.24) is 9.47 Å². The van der Waals surface area contributed by atoms with Gasteiger partial charge in [-0.3, -0.25) is 9.59 Å². The quantitative estimate of drug-likeness (QED) is 0.871. The highest BCUT2D eigenvalue weighted by Crippen LogP contribution is 2.23. The van der Waals surface area contributed by atoms with Crippen LogP contribution in [0.15, 0.2) is 12.3 Å². The van der Waals surface area contributed by atoms with E-state index in [0.717, 1.165) is 0 Å². The summed E-state index contributed by atoms with van der Waals surface area (Å²) >= 11 is 0. The number of rotatable bonds is 4. The van der Waals surface area contributed by atoms with Gasteiger partial charge in [0, 0.05) is 33.4 Å². The summed E-state index contributed by atoms with van der Waals surface area (Å²) in [5.41, 5.74) is 5.57. The van der Waals surface area contributed by atoms with Gasteiger partial charge in [-0.05, 0) is 19.9 Å². The number of methoxy groups -OCH3 is 1. The highest BCUT2D eigenvalue weighted by Gasteiger charge is 2.36. The molecule has 0 bridgehead atoms. The lowest BCUT2D eigenvalue weighted by Gasteiger charge is -2.42. The fourth-order valence-electron chi connectivity index (χ4n) is 2.80. The predicted molar refractivity (Wildman–Crippen MR) is 80.7 cm³/mol. The highest BCUT2D eigenvalue weighted by atomic mass is 16.5. The molecule has 2 N–H and O–H groups in total. The minimum Gasteiger partial charge on any atom is -0.382 e. The number of hydrogen-bond donors (Lipinski definition) is 1. The Bertz CT molecular complexity index is 579. The number of ether oxygens (including phenoxy) is 2. The molecule has 0 spiro atoms. The smallest absolute Gasteiger partial charge is 0.270 e. The maximum Gasteiger partial charge on any atom is 0.270 e. The fraction of sp³-hybridized carbons (Fsp3) is 0.600. The van der Waals surface area contributed by atoms with Crippen molar-refractivity contribution in [2.45, 2.75) is 25.6 Å². The third kappa shape index (κ3) is 3.48. The van der Waals surface area contributed by atoms with Gasteiger partial charge in [0.2, 0.25) is 5.91 Å². The molecule has 1 aromatic heterocycles. The van der Waals surface area contributed by atoms with Gasteiger partial charge >= 0.3 is 0 Å². The fourth-order valence-corrected chi connectivity index (χ4v) is 2.80. The van der Waals surface area contributed by atoms with Crippen molar-refractivity contribution >= 4 is 11.8 Å². The van der Waals surface area contributed by atoms with Crippen molar-refractivity contribution in [2.75, 3.05) is 26.8 Å². The Labute approximate surface area is 130 Å². The zero-order valence-corrected chi connectivity index (χ0v) is 13.5. The highest BCUT2D eigenvalue weighted by molar-refractivity contribution is 5.98. The topological polar surface area (TPSA) is 86.8 Å². The molecule has 7 nitrogen and oxygen atoms in total. The van der Waals surface area contributed by atoms with Crippen molar-refractivity contribution < 1.29 is 19.1 Å². The number of carbonyl (C=O) groups is 2. The molecule has 22 heavy (non-hydrogen) atoms. The van der Waals surface area contributed by atoms with Gasteiger partial charge in [0.05, 0.1) is 23.9 Å². The van der Waals surface area contributed by atoms with Crippen molar-refractivity contribution in [3.05, 3.63) is 23.5 Å². The summed E-state index contributed by atoms with van der Waals surface area (Å²) in [5.74, 6) is -0.693. The second kappa shape index (κ2) is 6.10. The van der Waals surface area contributed by atoms with E-state index in [2.05, 4.69) is 0 Å². The van der Waals surface area contributed by atoms with Crippen LogP contribution < -0.4 is 5.73 Å². The molecule has 1 aromatic rings. The monoisotopic (exact) mass is 309 g/mol. The van der Waals surface area contributed by atoms with Gasteiger partial charge in [-0.1, -0.05) is 0 Å². The van der Waals surface area contributed by atoms with E-state index in [1.807, 2.05) is 13.8 Å². The number of morpholine rings is 1. The van der Waals surface area contributed by atoms with Crippen LogP contribution in [0.1, 0.15) is 34.7 Å². The lowest BCUT2D eigenvalue weighted by molar-refractivity contribution is -0.143. The van der Waals surface area contributed by atoms with Gasteiger partial charge in [0.15, 0.2) is 0 Å². The zero-order valence-electron chi connectivity index (χ0n) is 13.5. The molecule has 2 heterocycles. The molecular weight excluding hydrogens is 286 g/mol. The Balaban J connectivity index is 2.22. The number of nitrogens with zero attached hydrogens (tertiary/aromatic N) is 2. The molecular formula is C15H23N3O4. The van der Waals surface area contributed by atoms with Crippen LogP contribution in [-0.2, 0) is 16.5 Å². The maximum absolute atomic E-state index is 12.8. The number of hydrogen-bond acceptors (Lipinski definition) is 4. The van der Waals surface area contributed by atoms with E-state index < -0.39 is 11.5 Å². The molecule has 1 atom stereocenters. The molecule has 1 aliphatic rings. The molecule has 0 aromatic carbocycles. The molecule has 0 radical (unpaired) electrons. The summed E-state index contributed by atoms with van der Waals surface area (Å²) in [6.07, 6.45) is 1.39. The van der Waals surface area contributed by atoms with Crippen molar-refractivity contribution in [2.24, 2.45) is 12.8 Å². The molecule has 7 heteroatoms. The van der Waals surface area contributed by atoms with Crippen LogP contribution in [0, 0.1) is 0 Å². The van der Waals surface area contributed by atoms with Gasteiger partial charge < -0.3 is 24.7 Å². The first-order chi connectivity index (χ1) is 10.2. The van der Waals surface area contributed by atoms with Crippen LogP contribution in [0.3, 0.4) is 0 Å². The lowest BCUT2D eigenvalue weighted by Crippen LogP contribution is -2.55. The number of amides is 2.